The van der Waals surface area contributed by atoms with Crippen molar-refractivity contribution in [3.63, 3.8) is 0 Å². The predicted molar refractivity (Wildman–Crippen MR) is 97.5 cm³/mol. The molecule has 0 unspecified atom stereocenters. The second-order valence-electron chi connectivity index (χ2n) is 7.48. The van der Waals surface area contributed by atoms with Gasteiger partial charge >= 0.3 is 0 Å². The van der Waals surface area contributed by atoms with E-state index in [-0.39, 0.29) is 23.0 Å². The van der Waals surface area contributed by atoms with Gasteiger partial charge in [0.2, 0.25) is 5.91 Å². The van der Waals surface area contributed by atoms with Crippen molar-refractivity contribution in [2.24, 2.45) is 5.41 Å². The molecule has 5 heteroatoms. The number of anilines is 1. The molecule has 0 radical (unpaired) electrons. The van der Waals surface area contributed by atoms with Gasteiger partial charge in [-0.05, 0) is 55.3 Å². The van der Waals surface area contributed by atoms with E-state index in [1.165, 1.54) is 24.3 Å². The molecule has 26 heavy (non-hydrogen) atoms. The highest BCUT2D eigenvalue weighted by molar-refractivity contribution is 5.97. The molecule has 2 amide bonds. The number of halogens is 1. The fourth-order valence-electron chi connectivity index (χ4n) is 4.08. The molecule has 2 aromatic carbocycles. The summed E-state index contributed by atoms with van der Waals surface area (Å²) in [7, 11) is 0. The Hall–Kier alpha value is -2.69. The van der Waals surface area contributed by atoms with E-state index in [2.05, 4.69) is 0 Å². The summed E-state index contributed by atoms with van der Waals surface area (Å²) < 4.78 is 13.1. The van der Waals surface area contributed by atoms with Gasteiger partial charge in [-0.25, -0.2) is 4.39 Å². The van der Waals surface area contributed by atoms with E-state index in [1.54, 1.807) is 4.90 Å². The first-order valence-corrected chi connectivity index (χ1v) is 8.88. The van der Waals surface area contributed by atoms with Crippen LogP contribution in [0.25, 0.3) is 0 Å². The van der Waals surface area contributed by atoms with Crippen molar-refractivity contribution >= 4 is 17.5 Å². The van der Waals surface area contributed by atoms with Crippen LogP contribution in [0.4, 0.5) is 10.1 Å². The third kappa shape index (κ3) is 2.98. The molecule has 134 valence electrons. The molecule has 1 spiro atoms. The van der Waals surface area contributed by atoms with Gasteiger partial charge in [-0.15, -0.1) is 0 Å². The van der Waals surface area contributed by atoms with E-state index >= 15 is 0 Å². The number of hydrogen-bond acceptors (Lipinski definition) is 2. The van der Waals surface area contributed by atoms with Gasteiger partial charge in [0.1, 0.15) is 5.82 Å². The maximum Gasteiger partial charge on any atom is 0.253 e. The normalized spacial score (nSPS) is 22.5. The van der Waals surface area contributed by atoms with Crippen LogP contribution < -0.4 is 4.90 Å². The molecular weight excluding hydrogens is 331 g/mol. The van der Waals surface area contributed by atoms with Gasteiger partial charge in [0.25, 0.3) is 5.91 Å². The Morgan fingerprint density at radius 2 is 1.88 bits per heavy atom. The number of carbonyl (C=O) groups is 2. The minimum atomic E-state index is -0.352. The summed E-state index contributed by atoms with van der Waals surface area (Å²) in [5.41, 5.74) is 2.35. The Balaban J connectivity index is 1.50. The number of nitrogens with zero attached hydrogens (tertiary/aromatic N) is 2. The largest absolute Gasteiger partial charge is 0.338 e. The molecule has 2 aliphatic rings. The van der Waals surface area contributed by atoms with Crippen molar-refractivity contribution in [3.8, 4) is 0 Å². The van der Waals surface area contributed by atoms with Crippen molar-refractivity contribution in [2.75, 3.05) is 24.5 Å². The molecule has 0 bridgehead atoms. The van der Waals surface area contributed by atoms with Crippen LogP contribution in [0.2, 0.25) is 0 Å². The van der Waals surface area contributed by atoms with E-state index in [0.29, 0.717) is 31.6 Å². The first-order valence-electron chi connectivity index (χ1n) is 8.88. The third-order valence-corrected chi connectivity index (χ3v) is 5.45. The van der Waals surface area contributed by atoms with Gasteiger partial charge < -0.3 is 9.80 Å². The van der Waals surface area contributed by atoms with Gasteiger partial charge in [0.15, 0.2) is 0 Å². The van der Waals surface area contributed by atoms with Crippen LogP contribution in [0, 0.1) is 18.2 Å². The summed E-state index contributed by atoms with van der Waals surface area (Å²) in [6.45, 7) is 3.85. The SMILES string of the molecule is Cc1cccc(N2C[C@]3(CCN(C(=O)c4ccc(F)cc4)C3)CC2=O)c1. The number of hydrogen-bond donors (Lipinski definition) is 0. The number of likely N-dealkylation sites (tertiary alicyclic amines) is 1. The zero-order valence-corrected chi connectivity index (χ0v) is 14.7. The van der Waals surface area contributed by atoms with E-state index < -0.39 is 0 Å². The Morgan fingerprint density at radius 1 is 1.12 bits per heavy atom. The highest BCUT2D eigenvalue weighted by Crippen LogP contribution is 2.42. The molecule has 4 nitrogen and oxygen atoms in total. The molecule has 1 atom stereocenters. The Kier molecular flexibility index (Phi) is 4.02. The van der Waals surface area contributed by atoms with Crippen LogP contribution in [-0.4, -0.2) is 36.3 Å². The molecule has 2 aliphatic heterocycles. The van der Waals surface area contributed by atoms with Crippen molar-refractivity contribution < 1.29 is 14.0 Å². The third-order valence-electron chi connectivity index (χ3n) is 5.45. The zero-order chi connectivity index (χ0) is 18.3. The standard InChI is InChI=1S/C21H21FN2O2/c1-15-3-2-4-18(11-15)24-14-21(12-19(24)25)9-10-23(13-21)20(26)16-5-7-17(22)8-6-16/h2-8,11H,9-10,12-14H2,1H3/t21-/m1/s1. The predicted octanol–water partition coefficient (Wildman–Crippen LogP) is 3.40. The summed E-state index contributed by atoms with van der Waals surface area (Å²) in [5.74, 6) is -0.329. The molecule has 0 saturated carbocycles. The molecule has 0 N–H and O–H groups in total. The smallest absolute Gasteiger partial charge is 0.253 e. The summed E-state index contributed by atoms with van der Waals surface area (Å²) >= 11 is 0. The molecular formula is C21H21FN2O2. The average Bonchev–Trinajstić information content (AvgIpc) is 3.18. The molecule has 0 aromatic heterocycles. The highest BCUT2D eigenvalue weighted by atomic mass is 19.1. The quantitative estimate of drug-likeness (QED) is 0.831. The van der Waals surface area contributed by atoms with Gasteiger partial charge in [0, 0.05) is 42.7 Å². The van der Waals surface area contributed by atoms with E-state index in [1.807, 2.05) is 36.1 Å². The van der Waals surface area contributed by atoms with E-state index in [9.17, 15) is 14.0 Å². The maximum absolute atomic E-state index is 13.1. The van der Waals surface area contributed by atoms with Gasteiger partial charge in [-0.3, -0.25) is 9.59 Å². The van der Waals surface area contributed by atoms with Crippen LogP contribution in [0.5, 0.6) is 0 Å². The molecule has 2 fully saturated rings. The molecule has 2 saturated heterocycles. The molecule has 4 rings (SSSR count). The lowest BCUT2D eigenvalue weighted by atomic mass is 9.86. The van der Waals surface area contributed by atoms with Crippen LogP contribution in [0.3, 0.4) is 0 Å². The summed E-state index contributed by atoms with van der Waals surface area (Å²) in [5, 5.41) is 0. The minimum absolute atomic E-state index is 0.0941. The summed E-state index contributed by atoms with van der Waals surface area (Å²) in [6.07, 6.45) is 1.28. The van der Waals surface area contributed by atoms with Crippen LogP contribution in [0.15, 0.2) is 48.5 Å². The van der Waals surface area contributed by atoms with Gasteiger partial charge in [-0.2, -0.15) is 0 Å². The lowest BCUT2D eigenvalue weighted by molar-refractivity contribution is -0.117. The Bertz CT molecular complexity index is 865. The fraction of sp³-hybridized carbons (Fsp3) is 0.333. The maximum atomic E-state index is 13.1. The lowest BCUT2D eigenvalue weighted by Gasteiger charge is -2.24. The van der Waals surface area contributed by atoms with E-state index in [4.69, 9.17) is 0 Å². The van der Waals surface area contributed by atoms with Crippen LogP contribution >= 0.6 is 0 Å². The molecule has 0 aliphatic carbocycles. The van der Waals surface area contributed by atoms with Gasteiger partial charge in [-0.1, -0.05) is 12.1 Å². The van der Waals surface area contributed by atoms with Gasteiger partial charge in [0.05, 0.1) is 0 Å². The second-order valence-corrected chi connectivity index (χ2v) is 7.48. The summed E-state index contributed by atoms with van der Waals surface area (Å²) in [4.78, 5) is 28.9. The topological polar surface area (TPSA) is 40.6 Å². The van der Waals surface area contributed by atoms with E-state index in [0.717, 1.165) is 17.7 Å². The molecule has 2 heterocycles. The van der Waals surface area contributed by atoms with Crippen molar-refractivity contribution in [1.82, 2.24) is 4.90 Å². The first-order chi connectivity index (χ1) is 12.5. The summed E-state index contributed by atoms with van der Waals surface area (Å²) in [6, 6.07) is 13.6. The fourth-order valence-corrected chi connectivity index (χ4v) is 4.08. The number of benzene rings is 2. The Labute approximate surface area is 152 Å². The number of carbonyl (C=O) groups excluding carboxylic acids is 2. The number of amides is 2. The average molecular weight is 352 g/mol. The van der Waals surface area contributed by atoms with Crippen molar-refractivity contribution in [2.45, 2.75) is 19.8 Å². The highest BCUT2D eigenvalue weighted by Gasteiger charge is 2.48. The second kappa shape index (κ2) is 6.24. The monoisotopic (exact) mass is 352 g/mol. The van der Waals surface area contributed by atoms with Crippen molar-refractivity contribution in [1.29, 1.82) is 0 Å². The number of rotatable bonds is 2. The lowest BCUT2D eigenvalue weighted by Crippen LogP contribution is -2.34. The van der Waals surface area contributed by atoms with Crippen molar-refractivity contribution in [3.05, 3.63) is 65.5 Å². The Morgan fingerprint density at radius 3 is 2.62 bits per heavy atom. The van der Waals surface area contributed by atoms with Crippen LogP contribution in [0.1, 0.15) is 28.8 Å². The minimum Gasteiger partial charge on any atom is -0.338 e. The first kappa shape index (κ1) is 16.8. The number of aryl methyl sites for hydroxylation is 1. The molecule has 2 aromatic rings. The van der Waals surface area contributed by atoms with Crippen LogP contribution in [-0.2, 0) is 4.79 Å². The zero-order valence-electron chi connectivity index (χ0n) is 14.7.